The highest BCUT2D eigenvalue weighted by Gasteiger charge is 2.14. The molecule has 0 fully saturated rings. The fourth-order valence-electron chi connectivity index (χ4n) is 1.92. The van der Waals surface area contributed by atoms with Gasteiger partial charge in [0, 0.05) is 35.4 Å². The van der Waals surface area contributed by atoms with E-state index in [0.717, 1.165) is 19.4 Å². The number of nitrogens with one attached hydrogen (secondary N) is 1. The van der Waals surface area contributed by atoms with E-state index >= 15 is 0 Å². The van der Waals surface area contributed by atoms with Crippen molar-refractivity contribution in [3.05, 3.63) is 46.2 Å². The molecule has 2 heterocycles. The van der Waals surface area contributed by atoms with E-state index < -0.39 is 0 Å². The lowest BCUT2D eigenvalue weighted by atomic mass is 10.1. The zero-order chi connectivity index (χ0) is 12.8. The van der Waals surface area contributed by atoms with Gasteiger partial charge in [0.05, 0.1) is 5.51 Å². The van der Waals surface area contributed by atoms with Crippen molar-refractivity contribution >= 4 is 11.3 Å². The molecular weight excluding hydrogens is 242 g/mol. The predicted molar refractivity (Wildman–Crippen MR) is 75.8 cm³/mol. The van der Waals surface area contributed by atoms with Crippen LogP contribution in [-0.2, 0) is 6.42 Å². The molecule has 1 unspecified atom stereocenters. The standard InChI is InChI=1S/C14H19N3S/c1-3-6-16-13(14-9-15-10-18-14)8-12-11(2)5-4-7-17-12/h4-5,7,9-10,13,16H,3,6,8H2,1-2H3. The molecule has 0 aliphatic rings. The maximum absolute atomic E-state index is 4.48. The van der Waals surface area contributed by atoms with Crippen molar-refractivity contribution in [3.8, 4) is 0 Å². The second kappa shape index (κ2) is 6.61. The molecule has 0 aliphatic carbocycles. The third kappa shape index (κ3) is 3.37. The van der Waals surface area contributed by atoms with Crippen molar-refractivity contribution in [1.82, 2.24) is 15.3 Å². The molecule has 0 aromatic carbocycles. The van der Waals surface area contributed by atoms with Gasteiger partial charge < -0.3 is 5.32 Å². The predicted octanol–water partition coefficient (Wildman–Crippen LogP) is 3.13. The molecule has 2 rings (SSSR count). The van der Waals surface area contributed by atoms with Crippen LogP contribution in [0.4, 0.5) is 0 Å². The molecule has 3 nitrogen and oxygen atoms in total. The number of hydrogen-bond donors (Lipinski definition) is 1. The van der Waals surface area contributed by atoms with Crippen LogP contribution >= 0.6 is 11.3 Å². The maximum atomic E-state index is 4.48. The summed E-state index contributed by atoms with van der Waals surface area (Å²) < 4.78 is 0. The third-order valence-electron chi connectivity index (χ3n) is 2.95. The summed E-state index contributed by atoms with van der Waals surface area (Å²) in [7, 11) is 0. The molecule has 2 aromatic rings. The molecule has 0 spiro atoms. The normalized spacial score (nSPS) is 12.6. The Morgan fingerprint density at radius 3 is 3.00 bits per heavy atom. The van der Waals surface area contributed by atoms with E-state index in [1.807, 2.05) is 24.0 Å². The Hall–Kier alpha value is -1.26. The maximum Gasteiger partial charge on any atom is 0.0794 e. The van der Waals surface area contributed by atoms with Gasteiger partial charge in [0.2, 0.25) is 0 Å². The highest BCUT2D eigenvalue weighted by molar-refractivity contribution is 7.09. The van der Waals surface area contributed by atoms with Crippen LogP contribution in [0.15, 0.2) is 30.0 Å². The van der Waals surface area contributed by atoms with Gasteiger partial charge in [-0.05, 0) is 31.5 Å². The Balaban J connectivity index is 2.13. The average Bonchev–Trinajstić information content (AvgIpc) is 2.90. The summed E-state index contributed by atoms with van der Waals surface area (Å²) in [6, 6.07) is 4.43. The van der Waals surface area contributed by atoms with E-state index in [1.165, 1.54) is 16.1 Å². The van der Waals surface area contributed by atoms with Gasteiger partial charge in [-0.1, -0.05) is 13.0 Å². The Morgan fingerprint density at radius 1 is 1.44 bits per heavy atom. The van der Waals surface area contributed by atoms with Gasteiger partial charge in [0.1, 0.15) is 0 Å². The van der Waals surface area contributed by atoms with Crippen molar-refractivity contribution in [2.45, 2.75) is 32.7 Å². The molecule has 96 valence electrons. The smallest absolute Gasteiger partial charge is 0.0794 e. The SMILES string of the molecule is CCCNC(Cc1ncccc1C)c1cncs1. The van der Waals surface area contributed by atoms with Gasteiger partial charge in [-0.15, -0.1) is 11.3 Å². The summed E-state index contributed by atoms with van der Waals surface area (Å²) in [5.41, 5.74) is 4.31. The van der Waals surface area contributed by atoms with Crippen molar-refractivity contribution in [1.29, 1.82) is 0 Å². The van der Waals surface area contributed by atoms with Crippen LogP contribution in [0.2, 0.25) is 0 Å². The fraction of sp³-hybridized carbons (Fsp3) is 0.429. The first-order valence-corrected chi connectivity index (χ1v) is 7.21. The van der Waals surface area contributed by atoms with E-state index in [2.05, 4.69) is 35.2 Å². The molecule has 0 aliphatic heterocycles. The lowest BCUT2D eigenvalue weighted by molar-refractivity contribution is 0.530. The Morgan fingerprint density at radius 2 is 2.33 bits per heavy atom. The first-order chi connectivity index (χ1) is 8.81. The van der Waals surface area contributed by atoms with E-state index in [-0.39, 0.29) is 0 Å². The molecule has 1 atom stereocenters. The molecule has 18 heavy (non-hydrogen) atoms. The largest absolute Gasteiger partial charge is 0.309 e. The molecular formula is C14H19N3S. The van der Waals surface area contributed by atoms with E-state index in [4.69, 9.17) is 0 Å². The van der Waals surface area contributed by atoms with E-state index in [1.54, 1.807) is 11.3 Å². The summed E-state index contributed by atoms with van der Waals surface area (Å²) >= 11 is 1.71. The number of rotatable bonds is 6. The van der Waals surface area contributed by atoms with Gasteiger partial charge in [-0.3, -0.25) is 9.97 Å². The van der Waals surface area contributed by atoms with Crippen molar-refractivity contribution in [2.24, 2.45) is 0 Å². The number of pyridine rings is 1. The van der Waals surface area contributed by atoms with Crippen LogP contribution in [0.5, 0.6) is 0 Å². The van der Waals surface area contributed by atoms with Gasteiger partial charge in [-0.25, -0.2) is 0 Å². The van der Waals surface area contributed by atoms with Crippen LogP contribution in [0.25, 0.3) is 0 Å². The zero-order valence-electron chi connectivity index (χ0n) is 10.9. The first kappa shape index (κ1) is 13.2. The van der Waals surface area contributed by atoms with Gasteiger partial charge in [0.15, 0.2) is 0 Å². The van der Waals surface area contributed by atoms with Crippen molar-refractivity contribution < 1.29 is 0 Å². The van der Waals surface area contributed by atoms with Crippen LogP contribution < -0.4 is 5.32 Å². The summed E-state index contributed by atoms with van der Waals surface area (Å²) in [6.07, 6.45) is 5.88. The molecule has 1 N–H and O–H groups in total. The Labute approximate surface area is 112 Å². The molecule has 0 saturated carbocycles. The van der Waals surface area contributed by atoms with Crippen LogP contribution in [0.3, 0.4) is 0 Å². The van der Waals surface area contributed by atoms with Gasteiger partial charge >= 0.3 is 0 Å². The van der Waals surface area contributed by atoms with Crippen LogP contribution in [0, 0.1) is 6.92 Å². The topological polar surface area (TPSA) is 37.8 Å². The summed E-state index contributed by atoms with van der Waals surface area (Å²) in [4.78, 5) is 9.94. The molecule has 2 aromatic heterocycles. The van der Waals surface area contributed by atoms with Crippen LogP contribution in [-0.4, -0.2) is 16.5 Å². The molecule has 4 heteroatoms. The zero-order valence-corrected chi connectivity index (χ0v) is 11.7. The van der Waals surface area contributed by atoms with Gasteiger partial charge in [0.25, 0.3) is 0 Å². The Bertz CT molecular complexity index is 468. The number of nitrogens with zero attached hydrogens (tertiary/aromatic N) is 2. The Kier molecular flexibility index (Phi) is 4.84. The summed E-state index contributed by atoms with van der Waals surface area (Å²) in [6.45, 7) is 5.32. The quantitative estimate of drug-likeness (QED) is 0.868. The average molecular weight is 261 g/mol. The minimum Gasteiger partial charge on any atom is -0.309 e. The van der Waals surface area contributed by atoms with Gasteiger partial charge in [-0.2, -0.15) is 0 Å². The third-order valence-corrected chi connectivity index (χ3v) is 3.84. The van der Waals surface area contributed by atoms with E-state index in [9.17, 15) is 0 Å². The first-order valence-electron chi connectivity index (χ1n) is 6.33. The van der Waals surface area contributed by atoms with Crippen LogP contribution in [0.1, 0.15) is 35.5 Å². The molecule has 0 radical (unpaired) electrons. The minimum absolute atomic E-state index is 0.325. The second-order valence-electron chi connectivity index (χ2n) is 4.38. The lowest BCUT2D eigenvalue weighted by Gasteiger charge is -2.17. The highest BCUT2D eigenvalue weighted by Crippen LogP contribution is 2.22. The number of hydrogen-bond acceptors (Lipinski definition) is 4. The monoisotopic (exact) mass is 261 g/mol. The fourth-order valence-corrected chi connectivity index (χ4v) is 2.61. The minimum atomic E-state index is 0.325. The highest BCUT2D eigenvalue weighted by atomic mass is 32.1. The summed E-state index contributed by atoms with van der Waals surface area (Å²) in [5.74, 6) is 0. The number of thiazole rings is 1. The van der Waals surface area contributed by atoms with E-state index in [0.29, 0.717) is 6.04 Å². The molecule has 0 saturated heterocycles. The molecule has 0 amide bonds. The molecule has 0 bridgehead atoms. The van der Waals surface area contributed by atoms with Crippen molar-refractivity contribution in [2.75, 3.05) is 6.54 Å². The lowest BCUT2D eigenvalue weighted by Crippen LogP contribution is -2.24. The number of aryl methyl sites for hydroxylation is 1. The second-order valence-corrected chi connectivity index (χ2v) is 5.30. The van der Waals surface area contributed by atoms with Crippen molar-refractivity contribution in [3.63, 3.8) is 0 Å². The summed E-state index contributed by atoms with van der Waals surface area (Å²) in [5, 5.41) is 3.58. The number of aromatic nitrogens is 2.